The number of esters is 2. The van der Waals surface area contributed by atoms with Gasteiger partial charge in [-0.15, -0.1) is 5.10 Å². The van der Waals surface area contributed by atoms with Crippen molar-refractivity contribution in [1.29, 1.82) is 0 Å². The SMILES string of the molecule is CCOC(=O)C(c1ccc([N+](=O)[O-])cc1)C(C(=O)OCC)c1csnn1. The van der Waals surface area contributed by atoms with Crippen LogP contribution < -0.4 is 0 Å². The van der Waals surface area contributed by atoms with E-state index in [4.69, 9.17) is 9.47 Å². The number of nitrogens with zero attached hydrogens (tertiary/aromatic N) is 3. The molecule has 0 N–H and O–H groups in total. The van der Waals surface area contributed by atoms with Gasteiger partial charge in [0, 0.05) is 17.5 Å². The number of hydrogen-bond acceptors (Lipinski definition) is 9. The van der Waals surface area contributed by atoms with Crippen molar-refractivity contribution in [2.45, 2.75) is 25.7 Å². The van der Waals surface area contributed by atoms with E-state index in [2.05, 4.69) is 9.59 Å². The molecule has 26 heavy (non-hydrogen) atoms. The molecule has 1 aromatic carbocycles. The van der Waals surface area contributed by atoms with Crippen LogP contribution in [0.1, 0.15) is 36.9 Å². The molecule has 138 valence electrons. The van der Waals surface area contributed by atoms with Crippen molar-refractivity contribution in [2.24, 2.45) is 0 Å². The van der Waals surface area contributed by atoms with E-state index < -0.39 is 28.7 Å². The van der Waals surface area contributed by atoms with Crippen LogP contribution in [0.4, 0.5) is 5.69 Å². The maximum absolute atomic E-state index is 12.6. The van der Waals surface area contributed by atoms with Crippen molar-refractivity contribution in [3.05, 3.63) is 51.0 Å². The largest absolute Gasteiger partial charge is 0.465 e. The normalized spacial score (nSPS) is 12.8. The van der Waals surface area contributed by atoms with Gasteiger partial charge in [0.25, 0.3) is 5.69 Å². The van der Waals surface area contributed by atoms with Gasteiger partial charge in [-0.25, -0.2) is 0 Å². The van der Waals surface area contributed by atoms with Crippen LogP contribution in [0.2, 0.25) is 0 Å². The Bertz CT molecular complexity index is 763. The van der Waals surface area contributed by atoms with Crippen LogP contribution in [0, 0.1) is 10.1 Å². The molecule has 1 aromatic heterocycles. The summed E-state index contributed by atoms with van der Waals surface area (Å²) >= 11 is 1.04. The maximum atomic E-state index is 12.6. The Balaban J connectivity index is 2.51. The van der Waals surface area contributed by atoms with Gasteiger partial charge in [-0.2, -0.15) is 0 Å². The topological polar surface area (TPSA) is 122 Å². The zero-order valence-electron chi connectivity index (χ0n) is 14.2. The predicted octanol–water partition coefficient (Wildman–Crippen LogP) is 2.44. The predicted molar refractivity (Wildman–Crippen MR) is 91.8 cm³/mol. The van der Waals surface area contributed by atoms with Gasteiger partial charge in [0.2, 0.25) is 0 Å². The van der Waals surface area contributed by atoms with Gasteiger partial charge in [-0.05, 0) is 30.9 Å². The Labute approximate surface area is 153 Å². The van der Waals surface area contributed by atoms with Gasteiger partial charge >= 0.3 is 11.9 Å². The summed E-state index contributed by atoms with van der Waals surface area (Å²) in [5, 5.41) is 16.3. The minimum absolute atomic E-state index is 0.118. The Morgan fingerprint density at radius 1 is 1.12 bits per heavy atom. The first-order chi connectivity index (χ1) is 12.5. The average Bonchev–Trinajstić information content (AvgIpc) is 3.14. The highest BCUT2D eigenvalue weighted by Crippen LogP contribution is 2.35. The van der Waals surface area contributed by atoms with E-state index in [1.54, 1.807) is 19.2 Å². The molecular weight excluding hydrogens is 362 g/mol. The second-order valence-corrected chi connectivity index (χ2v) is 5.75. The fourth-order valence-corrected chi connectivity index (χ4v) is 2.96. The molecule has 2 aromatic rings. The van der Waals surface area contributed by atoms with Crippen LogP contribution in [-0.2, 0) is 19.1 Å². The first-order valence-corrected chi connectivity index (χ1v) is 8.67. The number of nitro benzene ring substituents is 1. The summed E-state index contributed by atoms with van der Waals surface area (Å²) in [5.74, 6) is -3.41. The molecular formula is C16H17N3O6S. The van der Waals surface area contributed by atoms with Gasteiger partial charge in [0.05, 0.1) is 23.8 Å². The lowest BCUT2D eigenvalue weighted by Crippen LogP contribution is -2.30. The minimum atomic E-state index is -1.06. The molecule has 2 unspecified atom stereocenters. The number of carbonyl (C=O) groups excluding carboxylic acids is 2. The quantitative estimate of drug-likeness (QED) is 0.389. The lowest BCUT2D eigenvalue weighted by atomic mass is 9.84. The van der Waals surface area contributed by atoms with E-state index in [9.17, 15) is 19.7 Å². The molecule has 0 aliphatic carbocycles. The van der Waals surface area contributed by atoms with Crippen LogP contribution in [0.15, 0.2) is 29.6 Å². The first-order valence-electron chi connectivity index (χ1n) is 7.84. The van der Waals surface area contributed by atoms with E-state index in [1.807, 2.05) is 0 Å². The third-order valence-electron chi connectivity index (χ3n) is 3.57. The van der Waals surface area contributed by atoms with Crippen LogP contribution in [-0.4, -0.2) is 39.7 Å². The van der Waals surface area contributed by atoms with E-state index >= 15 is 0 Å². The Morgan fingerprint density at radius 3 is 2.15 bits per heavy atom. The number of benzene rings is 1. The van der Waals surface area contributed by atoms with Crippen molar-refractivity contribution in [2.75, 3.05) is 13.2 Å². The first kappa shape index (κ1) is 19.4. The summed E-state index contributed by atoms with van der Waals surface area (Å²) in [7, 11) is 0. The summed E-state index contributed by atoms with van der Waals surface area (Å²) in [6.07, 6.45) is 0. The van der Waals surface area contributed by atoms with Gasteiger partial charge in [-0.1, -0.05) is 16.6 Å². The summed E-state index contributed by atoms with van der Waals surface area (Å²) in [6.45, 7) is 3.55. The highest BCUT2D eigenvalue weighted by molar-refractivity contribution is 7.03. The second kappa shape index (κ2) is 8.99. The molecule has 10 heteroatoms. The van der Waals surface area contributed by atoms with E-state index in [1.165, 1.54) is 24.3 Å². The monoisotopic (exact) mass is 379 g/mol. The molecule has 0 saturated heterocycles. The number of ether oxygens (including phenoxy) is 2. The molecule has 0 fully saturated rings. The number of rotatable bonds is 8. The van der Waals surface area contributed by atoms with Crippen LogP contribution in [0.25, 0.3) is 0 Å². The van der Waals surface area contributed by atoms with Crippen molar-refractivity contribution >= 4 is 29.2 Å². The molecule has 0 aliphatic rings. The third-order valence-corrected chi connectivity index (χ3v) is 4.10. The molecule has 9 nitrogen and oxygen atoms in total. The second-order valence-electron chi connectivity index (χ2n) is 5.14. The molecule has 0 aliphatic heterocycles. The third kappa shape index (κ3) is 4.39. The molecule has 0 saturated carbocycles. The zero-order chi connectivity index (χ0) is 19.1. The highest BCUT2D eigenvalue weighted by atomic mass is 32.1. The van der Waals surface area contributed by atoms with E-state index in [-0.39, 0.29) is 24.6 Å². The van der Waals surface area contributed by atoms with Crippen LogP contribution in [0.5, 0.6) is 0 Å². The molecule has 0 radical (unpaired) electrons. The minimum Gasteiger partial charge on any atom is -0.465 e. The maximum Gasteiger partial charge on any atom is 0.316 e. The lowest BCUT2D eigenvalue weighted by Gasteiger charge is -2.23. The number of non-ortho nitro benzene ring substituents is 1. The summed E-state index contributed by atoms with van der Waals surface area (Å²) in [4.78, 5) is 35.4. The smallest absolute Gasteiger partial charge is 0.316 e. The Hall–Kier alpha value is -2.88. The summed E-state index contributed by atoms with van der Waals surface area (Å²) in [6, 6.07) is 5.38. The van der Waals surface area contributed by atoms with Crippen molar-refractivity contribution in [1.82, 2.24) is 9.59 Å². The van der Waals surface area contributed by atoms with Crippen molar-refractivity contribution in [3.8, 4) is 0 Å². The Morgan fingerprint density at radius 2 is 1.69 bits per heavy atom. The van der Waals surface area contributed by atoms with Crippen LogP contribution in [0.3, 0.4) is 0 Å². The summed E-state index contributed by atoms with van der Waals surface area (Å²) < 4.78 is 14.0. The average molecular weight is 379 g/mol. The van der Waals surface area contributed by atoms with Gasteiger partial charge < -0.3 is 9.47 Å². The fourth-order valence-electron chi connectivity index (χ4n) is 2.47. The molecule has 0 spiro atoms. The van der Waals surface area contributed by atoms with Gasteiger partial charge in [0.1, 0.15) is 11.8 Å². The Kier molecular flexibility index (Phi) is 6.73. The molecule has 0 amide bonds. The lowest BCUT2D eigenvalue weighted by molar-refractivity contribution is -0.384. The summed E-state index contributed by atoms with van der Waals surface area (Å²) in [5.41, 5.74) is 0.546. The van der Waals surface area contributed by atoms with Gasteiger partial charge in [0.15, 0.2) is 0 Å². The molecule has 2 atom stereocenters. The molecule has 2 rings (SSSR count). The van der Waals surface area contributed by atoms with Gasteiger partial charge in [-0.3, -0.25) is 19.7 Å². The molecule has 1 heterocycles. The number of nitro groups is 1. The zero-order valence-corrected chi connectivity index (χ0v) is 15.0. The van der Waals surface area contributed by atoms with E-state index in [0.29, 0.717) is 5.56 Å². The van der Waals surface area contributed by atoms with Crippen LogP contribution >= 0.6 is 11.5 Å². The molecule has 0 bridgehead atoms. The number of aromatic nitrogens is 2. The number of carbonyl (C=O) groups is 2. The fraction of sp³-hybridized carbons (Fsp3) is 0.375. The standard InChI is InChI=1S/C16H17N3O6S/c1-3-24-15(20)13(10-5-7-11(8-6-10)19(22)23)14(16(21)25-4-2)12-9-26-18-17-12/h5-9,13-14H,3-4H2,1-2H3. The van der Waals surface area contributed by atoms with E-state index in [0.717, 1.165) is 11.5 Å². The number of hydrogen-bond donors (Lipinski definition) is 0. The highest BCUT2D eigenvalue weighted by Gasteiger charge is 2.40. The van der Waals surface area contributed by atoms with Crippen molar-refractivity contribution in [3.63, 3.8) is 0 Å². The van der Waals surface area contributed by atoms with Crippen molar-refractivity contribution < 1.29 is 24.0 Å².